The fourth-order valence-corrected chi connectivity index (χ4v) is 5.72. The van der Waals surface area contributed by atoms with Gasteiger partial charge in [-0.2, -0.15) is 0 Å². The molecule has 3 aliphatic rings. The van der Waals surface area contributed by atoms with Crippen LogP contribution in [-0.2, 0) is 11.8 Å². The van der Waals surface area contributed by atoms with Gasteiger partial charge in [0.1, 0.15) is 0 Å². The van der Waals surface area contributed by atoms with Crippen molar-refractivity contribution in [3.63, 3.8) is 0 Å². The number of aliphatic hydroxyl groups is 1. The van der Waals surface area contributed by atoms with Crippen LogP contribution in [-0.4, -0.2) is 96.0 Å². The van der Waals surface area contributed by atoms with Crippen LogP contribution in [0.3, 0.4) is 0 Å². The lowest BCUT2D eigenvalue weighted by Gasteiger charge is -2.48. The van der Waals surface area contributed by atoms with Gasteiger partial charge in [-0.25, -0.2) is 4.98 Å². The molecule has 0 saturated carbocycles. The van der Waals surface area contributed by atoms with Crippen LogP contribution in [0.2, 0.25) is 0 Å². The fourth-order valence-electron chi connectivity index (χ4n) is 5.72. The first-order chi connectivity index (χ1) is 14.9. The molecule has 0 aliphatic carbocycles. The SMILES string of the molecule is CN1CC(O)CC2(CCN(C(=O)c3ccc4c(c3)nc(N3CCOCC3)n4C)CC2)C1. The summed E-state index contributed by atoms with van der Waals surface area (Å²) in [5.41, 5.74) is 2.74. The van der Waals surface area contributed by atoms with E-state index < -0.39 is 0 Å². The van der Waals surface area contributed by atoms with Crippen molar-refractivity contribution in [2.45, 2.75) is 25.4 Å². The second kappa shape index (κ2) is 8.07. The summed E-state index contributed by atoms with van der Waals surface area (Å²) in [6, 6.07) is 5.87. The number of carbonyl (C=O) groups is 1. The number of imidazole rings is 1. The number of anilines is 1. The number of hydrogen-bond acceptors (Lipinski definition) is 6. The summed E-state index contributed by atoms with van der Waals surface area (Å²) in [6.45, 7) is 6.37. The van der Waals surface area contributed by atoms with E-state index in [1.807, 2.05) is 30.1 Å². The summed E-state index contributed by atoms with van der Waals surface area (Å²) in [6.07, 6.45) is 2.50. The number of morpholine rings is 1. The number of likely N-dealkylation sites (N-methyl/N-ethyl adjacent to an activating group) is 1. The Morgan fingerprint density at radius 2 is 1.90 bits per heavy atom. The molecule has 31 heavy (non-hydrogen) atoms. The van der Waals surface area contributed by atoms with Gasteiger partial charge in [-0.3, -0.25) is 4.79 Å². The van der Waals surface area contributed by atoms with Crippen molar-refractivity contribution in [2.24, 2.45) is 12.5 Å². The van der Waals surface area contributed by atoms with Crippen LogP contribution >= 0.6 is 0 Å². The third-order valence-corrected chi connectivity index (χ3v) is 7.31. The van der Waals surface area contributed by atoms with Gasteiger partial charge in [0.25, 0.3) is 5.91 Å². The molecule has 1 spiro atoms. The Morgan fingerprint density at radius 1 is 1.16 bits per heavy atom. The molecule has 1 unspecified atom stereocenters. The summed E-state index contributed by atoms with van der Waals surface area (Å²) < 4.78 is 7.56. The number of hydrogen-bond donors (Lipinski definition) is 1. The van der Waals surface area contributed by atoms with Gasteiger partial charge in [-0.1, -0.05) is 0 Å². The highest BCUT2D eigenvalue weighted by Gasteiger charge is 2.41. The second-order valence-electron chi connectivity index (χ2n) is 9.62. The van der Waals surface area contributed by atoms with E-state index in [1.54, 1.807) is 0 Å². The minimum atomic E-state index is -0.256. The first kappa shape index (κ1) is 20.7. The largest absolute Gasteiger partial charge is 0.392 e. The lowest BCUT2D eigenvalue weighted by atomic mass is 9.71. The monoisotopic (exact) mass is 427 g/mol. The number of ether oxygens (including phenoxy) is 1. The van der Waals surface area contributed by atoms with Crippen LogP contribution in [0.5, 0.6) is 0 Å². The highest BCUT2D eigenvalue weighted by molar-refractivity contribution is 5.97. The highest BCUT2D eigenvalue weighted by atomic mass is 16.5. The topological polar surface area (TPSA) is 74.1 Å². The number of rotatable bonds is 2. The quantitative estimate of drug-likeness (QED) is 0.780. The zero-order valence-electron chi connectivity index (χ0n) is 18.6. The molecule has 4 heterocycles. The predicted octanol–water partition coefficient (Wildman–Crippen LogP) is 1.33. The van der Waals surface area contributed by atoms with E-state index in [1.165, 1.54) is 0 Å². The molecule has 8 nitrogen and oxygen atoms in total. The molecule has 3 aliphatic heterocycles. The minimum absolute atomic E-state index is 0.0834. The van der Waals surface area contributed by atoms with E-state index >= 15 is 0 Å². The van der Waals surface area contributed by atoms with Crippen molar-refractivity contribution in [3.05, 3.63) is 23.8 Å². The van der Waals surface area contributed by atoms with E-state index in [4.69, 9.17) is 9.72 Å². The zero-order valence-corrected chi connectivity index (χ0v) is 18.6. The third kappa shape index (κ3) is 3.92. The van der Waals surface area contributed by atoms with Crippen molar-refractivity contribution in [1.29, 1.82) is 0 Å². The number of amides is 1. The van der Waals surface area contributed by atoms with Crippen molar-refractivity contribution in [3.8, 4) is 0 Å². The van der Waals surface area contributed by atoms with Gasteiger partial charge in [0.05, 0.1) is 30.4 Å². The van der Waals surface area contributed by atoms with Gasteiger partial charge in [-0.15, -0.1) is 0 Å². The van der Waals surface area contributed by atoms with E-state index in [0.717, 1.165) is 88.7 Å². The molecule has 1 N–H and O–H groups in total. The lowest BCUT2D eigenvalue weighted by Crippen LogP contribution is -2.53. The van der Waals surface area contributed by atoms with E-state index in [2.05, 4.69) is 21.4 Å². The van der Waals surface area contributed by atoms with Gasteiger partial charge in [0.2, 0.25) is 5.95 Å². The number of benzene rings is 1. The van der Waals surface area contributed by atoms with Crippen molar-refractivity contribution in [1.82, 2.24) is 19.4 Å². The molecule has 3 fully saturated rings. The third-order valence-electron chi connectivity index (χ3n) is 7.31. The average Bonchev–Trinajstić information content (AvgIpc) is 3.09. The summed E-state index contributed by atoms with van der Waals surface area (Å²) in [4.78, 5) is 24.5. The molecule has 1 amide bonds. The van der Waals surface area contributed by atoms with Gasteiger partial charge < -0.3 is 29.1 Å². The Kier molecular flexibility index (Phi) is 5.40. The molecule has 5 rings (SSSR count). The molecular weight excluding hydrogens is 394 g/mol. The zero-order chi connectivity index (χ0) is 21.6. The molecule has 0 bridgehead atoms. The summed E-state index contributed by atoms with van der Waals surface area (Å²) in [7, 11) is 4.11. The van der Waals surface area contributed by atoms with Gasteiger partial charge in [-0.05, 0) is 49.9 Å². The maximum Gasteiger partial charge on any atom is 0.253 e. The standard InChI is InChI=1S/C23H33N5O3/c1-25-15-18(29)14-23(16-25)5-7-27(8-6-23)21(30)17-3-4-20-19(13-17)24-22(26(20)2)28-9-11-31-12-10-28/h3-4,13,18,29H,5-12,14-16H2,1-2H3. The maximum absolute atomic E-state index is 13.2. The van der Waals surface area contributed by atoms with Crippen molar-refractivity contribution >= 4 is 22.9 Å². The molecule has 1 aromatic carbocycles. The second-order valence-corrected chi connectivity index (χ2v) is 9.62. The van der Waals surface area contributed by atoms with E-state index in [-0.39, 0.29) is 17.4 Å². The van der Waals surface area contributed by atoms with Crippen LogP contribution in [0, 0.1) is 5.41 Å². The van der Waals surface area contributed by atoms with Gasteiger partial charge in [0.15, 0.2) is 0 Å². The Bertz CT molecular complexity index is 948. The Morgan fingerprint density at radius 3 is 2.61 bits per heavy atom. The first-order valence-electron chi connectivity index (χ1n) is 11.4. The number of fused-ring (bicyclic) bond motifs is 1. The number of β-amino-alcohol motifs (C(OH)–C–C–N with tert-alkyl or cyclic N) is 1. The van der Waals surface area contributed by atoms with Crippen LogP contribution < -0.4 is 4.90 Å². The average molecular weight is 428 g/mol. The molecule has 1 aromatic heterocycles. The molecule has 168 valence electrons. The summed E-state index contributed by atoms with van der Waals surface area (Å²) >= 11 is 0. The van der Waals surface area contributed by atoms with Gasteiger partial charge >= 0.3 is 0 Å². The summed E-state index contributed by atoms with van der Waals surface area (Å²) in [5.74, 6) is 1.02. The number of piperidine rings is 2. The number of aromatic nitrogens is 2. The molecule has 8 heteroatoms. The predicted molar refractivity (Wildman–Crippen MR) is 119 cm³/mol. The normalized spacial score (nSPS) is 24.8. The Hall–Kier alpha value is -2.16. The molecule has 0 radical (unpaired) electrons. The number of nitrogens with zero attached hydrogens (tertiary/aromatic N) is 5. The smallest absolute Gasteiger partial charge is 0.253 e. The minimum Gasteiger partial charge on any atom is -0.392 e. The Labute approximate surface area is 183 Å². The molecule has 3 saturated heterocycles. The van der Waals surface area contributed by atoms with E-state index in [0.29, 0.717) is 5.56 Å². The van der Waals surface area contributed by atoms with Gasteiger partial charge in [0, 0.05) is 51.9 Å². The number of aryl methyl sites for hydroxylation is 1. The van der Waals surface area contributed by atoms with Crippen molar-refractivity contribution < 1.29 is 14.6 Å². The number of aliphatic hydroxyl groups excluding tert-OH is 1. The first-order valence-corrected chi connectivity index (χ1v) is 11.4. The van der Waals surface area contributed by atoms with Crippen LogP contribution in [0.25, 0.3) is 11.0 Å². The number of likely N-dealkylation sites (tertiary alicyclic amines) is 2. The molecule has 2 aromatic rings. The van der Waals surface area contributed by atoms with E-state index in [9.17, 15) is 9.90 Å². The molecular formula is C23H33N5O3. The highest BCUT2D eigenvalue weighted by Crippen LogP contribution is 2.40. The summed E-state index contributed by atoms with van der Waals surface area (Å²) in [5, 5.41) is 10.2. The van der Waals surface area contributed by atoms with Crippen molar-refractivity contribution in [2.75, 3.05) is 64.4 Å². The molecule has 1 atom stereocenters. The number of carbonyl (C=O) groups excluding carboxylic acids is 1. The van der Waals surface area contributed by atoms with Crippen LogP contribution in [0.4, 0.5) is 5.95 Å². The fraction of sp³-hybridized carbons (Fsp3) is 0.652. The lowest BCUT2D eigenvalue weighted by molar-refractivity contribution is -0.0286. The van der Waals surface area contributed by atoms with Crippen LogP contribution in [0.1, 0.15) is 29.6 Å². The van der Waals surface area contributed by atoms with Crippen LogP contribution in [0.15, 0.2) is 18.2 Å². The Balaban J connectivity index is 1.31. The maximum atomic E-state index is 13.2.